The van der Waals surface area contributed by atoms with E-state index in [0.717, 1.165) is 5.56 Å². The van der Waals surface area contributed by atoms with E-state index < -0.39 is 14.4 Å². The van der Waals surface area contributed by atoms with Gasteiger partial charge in [0.05, 0.1) is 30.9 Å². The summed E-state index contributed by atoms with van der Waals surface area (Å²) >= 11 is 0. The van der Waals surface area contributed by atoms with Crippen LogP contribution >= 0.6 is 0 Å². The van der Waals surface area contributed by atoms with E-state index in [0.29, 0.717) is 42.3 Å². The van der Waals surface area contributed by atoms with Crippen LogP contribution in [0.15, 0.2) is 97.3 Å². The molecule has 10 nitrogen and oxygen atoms in total. The summed E-state index contributed by atoms with van der Waals surface area (Å²) in [7, 11) is -2.08. The van der Waals surface area contributed by atoms with Gasteiger partial charge in [-0.2, -0.15) is 9.97 Å². The lowest BCUT2D eigenvalue weighted by atomic mass is 10.1. The van der Waals surface area contributed by atoms with Gasteiger partial charge >= 0.3 is 12.1 Å². The number of ether oxygens (including phenoxy) is 2. The van der Waals surface area contributed by atoms with Crippen molar-refractivity contribution in [1.29, 1.82) is 0 Å². The molecule has 0 radical (unpaired) electrons. The number of fused-ring (bicyclic) bond motifs is 1. The highest BCUT2D eigenvalue weighted by Gasteiger charge is 2.40. The topological polar surface area (TPSA) is 118 Å². The Morgan fingerprint density at radius 3 is 2.06 bits per heavy atom. The summed E-state index contributed by atoms with van der Waals surface area (Å²) in [5.74, 6) is 0.0732. The van der Waals surface area contributed by atoms with Gasteiger partial charge < -0.3 is 24.2 Å². The van der Waals surface area contributed by atoms with Crippen molar-refractivity contribution in [1.82, 2.24) is 19.5 Å². The standard InChI is InChI=1S/C36H44N6O4Si/c1-26(46-47(5,6)36(2,3)4)28(24-44-23-27-16-10-7-11-17-27)22-41-25-38-31-32(37)39-34(40-33(31)41)45-35(43)42(29-18-12-8-13-19-29)30-20-14-9-15-21-30/h7-21,25-26,28H,22-24H2,1-6H3,(H2,37,39,40)/t26-,28-/m1/s1. The van der Waals surface area contributed by atoms with E-state index in [2.05, 4.69) is 55.7 Å². The Kier molecular flexibility index (Phi) is 10.4. The zero-order valence-corrected chi connectivity index (χ0v) is 29.0. The molecule has 2 aromatic heterocycles. The number of hydrogen-bond acceptors (Lipinski definition) is 8. The molecule has 3 aromatic carbocycles. The smallest absolute Gasteiger partial charge is 0.414 e. The zero-order valence-electron chi connectivity index (χ0n) is 28.0. The van der Waals surface area contributed by atoms with E-state index in [4.69, 9.17) is 19.6 Å². The van der Waals surface area contributed by atoms with E-state index >= 15 is 0 Å². The minimum Gasteiger partial charge on any atom is -0.414 e. The maximum Gasteiger partial charge on any atom is 0.426 e. The highest BCUT2D eigenvalue weighted by Crippen LogP contribution is 2.38. The van der Waals surface area contributed by atoms with Crippen LogP contribution in [-0.2, 0) is 22.3 Å². The fourth-order valence-electron chi connectivity index (χ4n) is 4.99. The molecule has 47 heavy (non-hydrogen) atoms. The van der Waals surface area contributed by atoms with Crippen LogP contribution in [0.25, 0.3) is 11.2 Å². The van der Waals surface area contributed by atoms with Crippen molar-refractivity contribution in [3.8, 4) is 6.01 Å². The molecular formula is C36H44N6O4Si. The summed E-state index contributed by atoms with van der Waals surface area (Å²) in [5.41, 5.74) is 9.59. The molecular weight excluding hydrogens is 609 g/mol. The Bertz CT molecular complexity index is 1720. The van der Waals surface area contributed by atoms with E-state index in [9.17, 15) is 4.79 Å². The van der Waals surface area contributed by atoms with Crippen LogP contribution in [0.3, 0.4) is 0 Å². The normalized spacial score (nSPS) is 13.3. The van der Waals surface area contributed by atoms with Gasteiger partial charge in [-0.1, -0.05) is 87.5 Å². The molecule has 0 unspecified atom stereocenters. The number of nitrogen functional groups attached to an aromatic ring is 1. The van der Waals surface area contributed by atoms with Gasteiger partial charge in [0, 0.05) is 18.6 Å². The molecule has 0 aliphatic carbocycles. The minimum atomic E-state index is -2.08. The lowest BCUT2D eigenvalue weighted by Crippen LogP contribution is -2.46. The van der Waals surface area contributed by atoms with Gasteiger partial charge in [0.25, 0.3) is 0 Å². The Morgan fingerprint density at radius 1 is 0.915 bits per heavy atom. The van der Waals surface area contributed by atoms with Crippen molar-refractivity contribution in [3.63, 3.8) is 0 Å². The Hall–Kier alpha value is -4.58. The van der Waals surface area contributed by atoms with Crippen LogP contribution in [0, 0.1) is 5.92 Å². The first-order valence-electron chi connectivity index (χ1n) is 15.8. The van der Waals surface area contributed by atoms with Crippen molar-refractivity contribution < 1.29 is 18.7 Å². The Labute approximate surface area is 277 Å². The molecule has 0 fully saturated rings. The van der Waals surface area contributed by atoms with Crippen LogP contribution in [0.5, 0.6) is 6.01 Å². The average Bonchev–Trinajstić information content (AvgIpc) is 3.44. The second-order valence-electron chi connectivity index (χ2n) is 13.2. The van der Waals surface area contributed by atoms with Crippen LogP contribution in [0.4, 0.5) is 22.0 Å². The fourth-order valence-corrected chi connectivity index (χ4v) is 6.47. The molecule has 1 amide bonds. The van der Waals surface area contributed by atoms with Crippen LogP contribution in [-0.4, -0.2) is 46.6 Å². The first kappa shape index (κ1) is 33.8. The largest absolute Gasteiger partial charge is 0.426 e. The minimum absolute atomic E-state index is 0.0425. The maximum atomic E-state index is 13.6. The molecule has 2 heterocycles. The number of nitrogens with zero attached hydrogens (tertiary/aromatic N) is 5. The van der Waals surface area contributed by atoms with Crippen molar-refractivity contribution in [3.05, 3.63) is 103 Å². The van der Waals surface area contributed by atoms with Crippen LogP contribution < -0.4 is 15.4 Å². The number of rotatable bonds is 12. The molecule has 0 aliphatic rings. The molecule has 5 aromatic rings. The average molecular weight is 653 g/mol. The lowest BCUT2D eigenvalue weighted by Gasteiger charge is -2.40. The Balaban J connectivity index is 1.41. The summed E-state index contributed by atoms with van der Waals surface area (Å²) in [6.45, 7) is 14.7. The number of hydrogen-bond donors (Lipinski definition) is 1. The van der Waals surface area contributed by atoms with Gasteiger partial charge in [-0.3, -0.25) is 0 Å². The van der Waals surface area contributed by atoms with Crippen molar-refractivity contribution in [2.75, 3.05) is 17.2 Å². The highest BCUT2D eigenvalue weighted by atomic mass is 28.4. The summed E-state index contributed by atoms with van der Waals surface area (Å²) in [5, 5.41) is 0.0479. The zero-order chi connectivity index (χ0) is 33.6. The number of imidazole rings is 1. The fraction of sp³-hybridized carbons (Fsp3) is 0.333. The third kappa shape index (κ3) is 8.23. The molecule has 246 valence electrons. The third-order valence-corrected chi connectivity index (χ3v) is 13.3. The number of para-hydroxylation sites is 2. The number of amides is 1. The van der Waals surface area contributed by atoms with E-state index in [-0.39, 0.29) is 28.9 Å². The summed E-state index contributed by atoms with van der Waals surface area (Å²) < 4.78 is 20.7. The molecule has 0 bridgehead atoms. The van der Waals surface area contributed by atoms with Gasteiger partial charge in [0.15, 0.2) is 25.3 Å². The molecule has 2 N–H and O–H groups in total. The number of aromatic nitrogens is 4. The molecule has 2 atom stereocenters. The SMILES string of the molecule is C[C@@H](O[Si](C)(C)C(C)(C)C)[C@@H](COCc1ccccc1)Cn1cnc2c(N)nc(OC(=O)N(c3ccccc3)c3ccccc3)nc21. The monoisotopic (exact) mass is 652 g/mol. The van der Waals surface area contributed by atoms with E-state index in [1.165, 1.54) is 4.90 Å². The first-order valence-corrected chi connectivity index (χ1v) is 18.7. The van der Waals surface area contributed by atoms with E-state index in [1.807, 2.05) is 95.6 Å². The quantitative estimate of drug-likeness (QED) is 0.135. The second kappa shape index (κ2) is 14.5. The van der Waals surface area contributed by atoms with Crippen LogP contribution in [0.1, 0.15) is 33.3 Å². The summed E-state index contributed by atoms with van der Waals surface area (Å²) in [6, 6.07) is 28.4. The predicted octanol–water partition coefficient (Wildman–Crippen LogP) is 7.99. The molecule has 11 heteroatoms. The van der Waals surface area contributed by atoms with Gasteiger partial charge in [-0.25, -0.2) is 14.7 Å². The van der Waals surface area contributed by atoms with Crippen molar-refractivity contribution in [2.24, 2.45) is 5.92 Å². The molecule has 0 spiro atoms. The number of anilines is 3. The number of carbonyl (C=O) groups is 1. The van der Waals surface area contributed by atoms with Crippen LogP contribution in [0.2, 0.25) is 18.1 Å². The van der Waals surface area contributed by atoms with Crippen molar-refractivity contribution >= 4 is 42.8 Å². The van der Waals surface area contributed by atoms with Gasteiger partial charge in [0.1, 0.15) is 0 Å². The second-order valence-corrected chi connectivity index (χ2v) is 17.9. The Morgan fingerprint density at radius 2 is 1.49 bits per heavy atom. The third-order valence-electron chi connectivity index (χ3n) is 8.69. The molecule has 5 rings (SSSR count). The van der Waals surface area contributed by atoms with E-state index in [1.54, 1.807) is 6.33 Å². The molecule has 0 saturated heterocycles. The maximum absolute atomic E-state index is 13.6. The lowest BCUT2D eigenvalue weighted by molar-refractivity contribution is 0.0266. The molecule has 0 saturated carbocycles. The first-order chi connectivity index (χ1) is 22.4. The highest BCUT2D eigenvalue weighted by molar-refractivity contribution is 6.74. The molecule has 0 aliphatic heterocycles. The number of carbonyl (C=O) groups excluding carboxylic acids is 1. The predicted molar refractivity (Wildman–Crippen MR) is 188 cm³/mol. The van der Waals surface area contributed by atoms with Gasteiger partial charge in [-0.15, -0.1) is 0 Å². The number of benzene rings is 3. The van der Waals surface area contributed by atoms with Gasteiger partial charge in [-0.05, 0) is 54.9 Å². The summed E-state index contributed by atoms with van der Waals surface area (Å²) in [4.78, 5) is 28.5. The number of nitrogens with two attached hydrogens (primary N) is 1. The van der Waals surface area contributed by atoms with Gasteiger partial charge in [0.2, 0.25) is 0 Å². The summed E-state index contributed by atoms with van der Waals surface area (Å²) in [6.07, 6.45) is 0.895. The van der Waals surface area contributed by atoms with Crippen molar-refractivity contribution in [2.45, 2.75) is 65.1 Å².